The molecule has 4 rings (SSSR count). The minimum atomic E-state index is -0.497. The molecule has 2 aromatic heterocycles. The molecule has 0 saturated carbocycles. The van der Waals surface area contributed by atoms with Gasteiger partial charge in [-0.2, -0.15) is 4.52 Å². The third kappa shape index (κ3) is 4.34. The second-order valence-electron chi connectivity index (χ2n) is 7.62. The van der Waals surface area contributed by atoms with E-state index in [2.05, 4.69) is 27.2 Å². The zero-order valence-electron chi connectivity index (χ0n) is 17.8. The molecule has 1 saturated heterocycles. The fourth-order valence-electron chi connectivity index (χ4n) is 3.69. The highest BCUT2D eigenvalue weighted by molar-refractivity contribution is 7.20. The van der Waals surface area contributed by atoms with Gasteiger partial charge in [0.1, 0.15) is 5.56 Å². The average molecular weight is 444 g/mol. The molecular formula is C21H25N5O4S. The van der Waals surface area contributed by atoms with Crippen molar-refractivity contribution in [2.75, 3.05) is 32.2 Å². The lowest BCUT2D eigenvalue weighted by atomic mass is 10.0. The van der Waals surface area contributed by atoms with Crippen LogP contribution in [-0.4, -0.2) is 47.8 Å². The molecule has 1 amide bonds. The number of aromatic nitrogens is 3. The number of rotatable bonds is 6. The Morgan fingerprint density at radius 3 is 2.84 bits per heavy atom. The van der Waals surface area contributed by atoms with Crippen LogP contribution in [0.5, 0.6) is 11.5 Å². The lowest BCUT2D eigenvalue weighted by Gasteiger charge is -2.30. The van der Waals surface area contributed by atoms with E-state index in [1.54, 1.807) is 26.4 Å². The maximum absolute atomic E-state index is 12.9. The number of hydrogen-bond acceptors (Lipinski definition) is 8. The molecular weight excluding hydrogens is 418 g/mol. The number of carbonyl (C=O) groups is 1. The lowest BCUT2D eigenvalue weighted by Crippen LogP contribution is -2.34. The van der Waals surface area contributed by atoms with Crippen LogP contribution in [-0.2, 0) is 6.54 Å². The van der Waals surface area contributed by atoms with Gasteiger partial charge in [-0.05, 0) is 36.5 Å². The summed E-state index contributed by atoms with van der Waals surface area (Å²) in [5.74, 6) is 1.26. The first-order valence-corrected chi connectivity index (χ1v) is 10.9. The monoisotopic (exact) mass is 443 g/mol. The maximum Gasteiger partial charge on any atom is 0.288 e. The Kier molecular flexibility index (Phi) is 6.08. The highest BCUT2D eigenvalue weighted by Gasteiger charge is 2.22. The molecule has 0 aliphatic carbocycles. The Morgan fingerprint density at radius 1 is 1.29 bits per heavy atom. The van der Waals surface area contributed by atoms with Crippen molar-refractivity contribution >= 4 is 27.3 Å². The molecule has 3 heterocycles. The topological polar surface area (TPSA) is 98.1 Å². The van der Waals surface area contributed by atoms with Crippen LogP contribution in [0.25, 0.3) is 4.96 Å². The van der Waals surface area contributed by atoms with E-state index in [0.29, 0.717) is 22.4 Å². The van der Waals surface area contributed by atoms with Gasteiger partial charge < -0.3 is 19.7 Å². The summed E-state index contributed by atoms with van der Waals surface area (Å²) in [5.41, 5.74) is 0.305. The van der Waals surface area contributed by atoms with Crippen molar-refractivity contribution in [1.82, 2.24) is 19.9 Å². The summed E-state index contributed by atoms with van der Waals surface area (Å²) in [7, 11) is 3.11. The number of ether oxygens (including phenoxy) is 2. The van der Waals surface area contributed by atoms with Crippen LogP contribution in [0.1, 0.15) is 35.7 Å². The summed E-state index contributed by atoms with van der Waals surface area (Å²) in [6.45, 7) is 4.27. The van der Waals surface area contributed by atoms with Crippen molar-refractivity contribution < 1.29 is 14.3 Å². The normalized spacial score (nSPS) is 16.4. The number of anilines is 1. The van der Waals surface area contributed by atoms with E-state index in [1.807, 2.05) is 6.07 Å². The van der Waals surface area contributed by atoms with Crippen LogP contribution in [0, 0.1) is 5.92 Å². The number of nitrogens with zero attached hydrogens (tertiary/aromatic N) is 4. The van der Waals surface area contributed by atoms with Crippen LogP contribution in [0.15, 0.2) is 29.2 Å². The first-order valence-electron chi connectivity index (χ1n) is 10.1. The predicted octanol–water partition coefficient (Wildman–Crippen LogP) is 2.33. The molecule has 0 bridgehead atoms. The molecule has 9 nitrogen and oxygen atoms in total. The molecule has 1 aliphatic rings. The van der Waals surface area contributed by atoms with Crippen molar-refractivity contribution in [2.45, 2.75) is 26.3 Å². The Balaban J connectivity index is 1.52. The van der Waals surface area contributed by atoms with E-state index in [9.17, 15) is 9.59 Å². The molecule has 31 heavy (non-hydrogen) atoms. The van der Waals surface area contributed by atoms with Gasteiger partial charge in [-0.15, -0.1) is 5.10 Å². The van der Waals surface area contributed by atoms with Crippen molar-refractivity contribution in [1.29, 1.82) is 0 Å². The van der Waals surface area contributed by atoms with Gasteiger partial charge in [-0.1, -0.05) is 24.3 Å². The van der Waals surface area contributed by atoms with Crippen LogP contribution in [0.2, 0.25) is 0 Å². The summed E-state index contributed by atoms with van der Waals surface area (Å²) in [5, 5.41) is 7.97. The maximum atomic E-state index is 12.9. The first-order chi connectivity index (χ1) is 15.0. The number of piperidine rings is 1. The van der Waals surface area contributed by atoms with Gasteiger partial charge in [0, 0.05) is 25.8 Å². The Morgan fingerprint density at radius 2 is 2.10 bits per heavy atom. The Bertz CT molecular complexity index is 1160. The SMILES string of the molecule is COc1ccc(CNC(=O)c2cnc3sc(N4CCC[C@@H](C)C4)nn3c2=O)cc1OC. The van der Waals surface area contributed by atoms with Gasteiger partial charge in [-0.25, -0.2) is 4.98 Å². The Hall–Kier alpha value is -3.14. The number of methoxy groups -OCH3 is 2. The van der Waals surface area contributed by atoms with Gasteiger partial charge in [0.2, 0.25) is 10.1 Å². The molecule has 3 aromatic rings. The van der Waals surface area contributed by atoms with Gasteiger partial charge >= 0.3 is 0 Å². The number of benzene rings is 1. The number of hydrogen-bond donors (Lipinski definition) is 1. The second kappa shape index (κ2) is 8.93. The lowest BCUT2D eigenvalue weighted by molar-refractivity contribution is 0.0948. The zero-order valence-corrected chi connectivity index (χ0v) is 18.6. The van der Waals surface area contributed by atoms with E-state index in [4.69, 9.17) is 9.47 Å². The second-order valence-corrected chi connectivity index (χ2v) is 8.56. The fraction of sp³-hybridized carbons (Fsp3) is 0.429. The molecule has 10 heteroatoms. The fourth-order valence-corrected chi connectivity index (χ4v) is 4.59. The third-order valence-corrected chi connectivity index (χ3v) is 6.33. The summed E-state index contributed by atoms with van der Waals surface area (Å²) >= 11 is 1.37. The van der Waals surface area contributed by atoms with Crippen LogP contribution < -0.4 is 25.2 Å². The summed E-state index contributed by atoms with van der Waals surface area (Å²) < 4.78 is 11.7. The third-order valence-electron chi connectivity index (χ3n) is 5.35. The van der Waals surface area contributed by atoms with Gasteiger partial charge in [0.05, 0.1) is 14.2 Å². The molecule has 1 N–H and O–H groups in total. The molecule has 1 fully saturated rings. The van der Waals surface area contributed by atoms with E-state index in [1.165, 1.54) is 28.5 Å². The number of fused-ring (bicyclic) bond motifs is 1. The first kappa shape index (κ1) is 21.1. The standard InChI is InChI=1S/C21H25N5O4S/c1-13-5-4-8-25(12-13)21-24-26-19(28)15(11-23-20(26)31-21)18(27)22-10-14-6-7-16(29-2)17(9-14)30-3/h6-7,9,11,13H,4-5,8,10,12H2,1-3H3,(H,22,27)/t13-/m1/s1. The Labute approximate surface area is 183 Å². The highest BCUT2D eigenvalue weighted by Crippen LogP contribution is 2.28. The van der Waals surface area contributed by atoms with Gasteiger partial charge in [-0.3, -0.25) is 9.59 Å². The van der Waals surface area contributed by atoms with Crippen molar-refractivity contribution in [3.05, 3.63) is 45.9 Å². The zero-order chi connectivity index (χ0) is 22.0. The molecule has 1 atom stereocenters. The molecule has 0 unspecified atom stereocenters. The van der Waals surface area contributed by atoms with Crippen molar-refractivity contribution in [2.24, 2.45) is 5.92 Å². The van der Waals surface area contributed by atoms with Gasteiger partial charge in [0.15, 0.2) is 11.5 Å². The van der Waals surface area contributed by atoms with Crippen molar-refractivity contribution in [3.63, 3.8) is 0 Å². The van der Waals surface area contributed by atoms with Crippen LogP contribution >= 0.6 is 11.3 Å². The van der Waals surface area contributed by atoms with E-state index < -0.39 is 11.5 Å². The number of amides is 1. The minimum Gasteiger partial charge on any atom is -0.493 e. The van der Waals surface area contributed by atoms with E-state index >= 15 is 0 Å². The largest absolute Gasteiger partial charge is 0.493 e. The predicted molar refractivity (Wildman–Crippen MR) is 118 cm³/mol. The number of carbonyl (C=O) groups excluding carboxylic acids is 1. The molecule has 1 aliphatic heterocycles. The van der Waals surface area contributed by atoms with Crippen LogP contribution in [0.3, 0.4) is 0 Å². The average Bonchev–Trinajstić information content (AvgIpc) is 3.23. The van der Waals surface area contributed by atoms with Gasteiger partial charge in [0.25, 0.3) is 11.5 Å². The quantitative estimate of drug-likeness (QED) is 0.624. The smallest absolute Gasteiger partial charge is 0.288 e. The number of nitrogens with one attached hydrogen (secondary N) is 1. The molecule has 1 aromatic carbocycles. The minimum absolute atomic E-state index is 0.0400. The molecule has 0 spiro atoms. The summed E-state index contributed by atoms with van der Waals surface area (Å²) in [4.78, 5) is 32.5. The van der Waals surface area contributed by atoms with E-state index in [-0.39, 0.29) is 12.1 Å². The summed E-state index contributed by atoms with van der Waals surface area (Å²) in [6.07, 6.45) is 3.62. The summed E-state index contributed by atoms with van der Waals surface area (Å²) in [6, 6.07) is 5.36. The molecule has 0 radical (unpaired) electrons. The van der Waals surface area contributed by atoms with E-state index in [0.717, 1.165) is 30.2 Å². The van der Waals surface area contributed by atoms with Crippen molar-refractivity contribution in [3.8, 4) is 11.5 Å². The molecule has 164 valence electrons. The van der Waals surface area contributed by atoms with Crippen LogP contribution in [0.4, 0.5) is 5.13 Å². The highest BCUT2D eigenvalue weighted by atomic mass is 32.1.